The van der Waals surface area contributed by atoms with Gasteiger partial charge in [-0.25, -0.2) is 12.8 Å². The summed E-state index contributed by atoms with van der Waals surface area (Å²) in [6.45, 7) is 8.22. The van der Waals surface area contributed by atoms with Crippen LogP contribution in [0.5, 0.6) is 0 Å². The van der Waals surface area contributed by atoms with Gasteiger partial charge in [-0.3, -0.25) is 4.79 Å². The lowest BCUT2D eigenvalue weighted by Crippen LogP contribution is -2.45. The summed E-state index contributed by atoms with van der Waals surface area (Å²) >= 11 is 0. The van der Waals surface area contributed by atoms with Crippen LogP contribution in [-0.2, 0) is 20.0 Å². The van der Waals surface area contributed by atoms with Gasteiger partial charge in [0.1, 0.15) is 11.1 Å². The van der Waals surface area contributed by atoms with Gasteiger partial charge in [0.05, 0.1) is 5.25 Å². The minimum atomic E-state index is -3.50. The number of carbonyl (C=O) groups excluding carboxylic acids is 1. The molecular formula is C16H24FNO3S. The second kappa shape index (κ2) is 6.77. The molecule has 0 unspecified atom stereocenters. The largest absolute Gasteiger partial charge is 0.354 e. The first-order valence-corrected chi connectivity index (χ1v) is 8.86. The number of nitrogens with one attached hydrogen (secondary N) is 1. The van der Waals surface area contributed by atoms with E-state index in [1.165, 1.54) is 13.0 Å². The number of hydrogen-bond acceptors (Lipinski definition) is 3. The molecule has 22 heavy (non-hydrogen) atoms. The van der Waals surface area contributed by atoms with Crippen LogP contribution in [0.3, 0.4) is 0 Å². The van der Waals surface area contributed by atoms with Crippen LogP contribution in [0, 0.1) is 5.82 Å². The highest BCUT2D eigenvalue weighted by atomic mass is 32.2. The van der Waals surface area contributed by atoms with Crippen LogP contribution in [0.25, 0.3) is 0 Å². The molecule has 1 N–H and O–H groups in total. The Bertz CT molecular complexity index is 639. The molecule has 0 saturated heterocycles. The van der Waals surface area contributed by atoms with Gasteiger partial charge in [-0.05, 0) is 32.4 Å². The van der Waals surface area contributed by atoms with Crippen molar-refractivity contribution in [1.82, 2.24) is 5.32 Å². The quantitative estimate of drug-likeness (QED) is 0.872. The molecular weight excluding hydrogens is 305 g/mol. The third-order valence-corrected chi connectivity index (χ3v) is 6.34. The third-order valence-electron chi connectivity index (χ3n) is 3.83. The van der Waals surface area contributed by atoms with E-state index in [-0.39, 0.29) is 12.4 Å². The van der Waals surface area contributed by atoms with Crippen LogP contribution in [0.4, 0.5) is 4.39 Å². The lowest BCUT2D eigenvalue weighted by atomic mass is 9.84. The molecule has 1 rings (SSSR count). The summed E-state index contributed by atoms with van der Waals surface area (Å²) in [5, 5.41) is 0.886. The first-order valence-electron chi connectivity index (χ1n) is 7.25. The van der Waals surface area contributed by atoms with E-state index in [1.807, 2.05) is 0 Å². The number of rotatable bonds is 6. The van der Waals surface area contributed by atoms with Crippen molar-refractivity contribution in [3.05, 3.63) is 35.6 Å². The van der Waals surface area contributed by atoms with Crippen LogP contribution in [-0.4, -0.2) is 31.4 Å². The maximum atomic E-state index is 13.9. The highest BCUT2D eigenvalue weighted by Crippen LogP contribution is 2.25. The van der Waals surface area contributed by atoms with Crippen LogP contribution < -0.4 is 5.32 Å². The predicted molar refractivity (Wildman–Crippen MR) is 86.0 cm³/mol. The lowest BCUT2D eigenvalue weighted by molar-refractivity contribution is -0.120. The van der Waals surface area contributed by atoms with Gasteiger partial charge in [0.2, 0.25) is 5.91 Å². The van der Waals surface area contributed by atoms with Crippen LogP contribution >= 0.6 is 0 Å². The fourth-order valence-corrected chi connectivity index (χ4v) is 3.31. The normalized spacial score (nSPS) is 14.0. The smallest absolute Gasteiger partial charge is 0.238 e. The molecule has 0 fully saturated rings. The summed E-state index contributed by atoms with van der Waals surface area (Å²) in [7, 11) is -3.50. The van der Waals surface area contributed by atoms with E-state index in [2.05, 4.69) is 5.32 Å². The second-order valence-electron chi connectivity index (χ2n) is 6.36. The zero-order valence-corrected chi connectivity index (χ0v) is 14.5. The molecule has 0 bridgehead atoms. The van der Waals surface area contributed by atoms with E-state index >= 15 is 0 Å². The van der Waals surface area contributed by atoms with Crippen molar-refractivity contribution in [1.29, 1.82) is 0 Å². The van der Waals surface area contributed by atoms with Crippen molar-refractivity contribution < 1.29 is 17.6 Å². The molecule has 6 heteroatoms. The van der Waals surface area contributed by atoms with Gasteiger partial charge in [-0.2, -0.15) is 0 Å². The molecule has 1 aromatic rings. The van der Waals surface area contributed by atoms with Crippen molar-refractivity contribution in [2.24, 2.45) is 0 Å². The molecule has 0 spiro atoms. The molecule has 0 aromatic heterocycles. The second-order valence-corrected chi connectivity index (χ2v) is 9.19. The Morgan fingerprint density at radius 1 is 1.23 bits per heavy atom. The average Bonchev–Trinajstić information content (AvgIpc) is 2.44. The summed E-state index contributed by atoms with van der Waals surface area (Å²) in [6.07, 6.45) is 0. The molecule has 0 aliphatic heterocycles. The van der Waals surface area contributed by atoms with Gasteiger partial charge in [0.25, 0.3) is 0 Å². The highest BCUT2D eigenvalue weighted by molar-refractivity contribution is 7.93. The first kappa shape index (κ1) is 18.6. The van der Waals surface area contributed by atoms with E-state index in [9.17, 15) is 17.6 Å². The highest BCUT2D eigenvalue weighted by Gasteiger charge is 2.32. The van der Waals surface area contributed by atoms with E-state index in [1.54, 1.807) is 45.9 Å². The molecule has 0 aliphatic carbocycles. The Morgan fingerprint density at radius 3 is 2.27 bits per heavy atom. The summed E-state index contributed by atoms with van der Waals surface area (Å²) in [4.78, 5) is 12.1. The van der Waals surface area contributed by atoms with Crippen molar-refractivity contribution >= 4 is 15.7 Å². The molecule has 1 amide bonds. The van der Waals surface area contributed by atoms with Crippen LogP contribution in [0.15, 0.2) is 24.3 Å². The molecule has 124 valence electrons. The fourth-order valence-electron chi connectivity index (χ4n) is 2.11. The van der Waals surface area contributed by atoms with E-state index < -0.39 is 31.7 Å². The van der Waals surface area contributed by atoms with Gasteiger partial charge in [-0.1, -0.05) is 32.0 Å². The third kappa shape index (κ3) is 4.06. The summed E-state index contributed by atoms with van der Waals surface area (Å²) in [6, 6.07) is 6.36. The molecule has 0 heterocycles. The lowest BCUT2D eigenvalue weighted by Gasteiger charge is -2.27. The van der Waals surface area contributed by atoms with Crippen LogP contribution in [0.1, 0.15) is 40.2 Å². The number of amides is 1. The summed E-state index contributed by atoms with van der Waals surface area (Å²) in [5.74, 6) is -0.900. The van der Waals surface area contributed by atoms with Crippen LogP contribution in [0.2, 0.25) is 0 Å². The van der Waals surface area contributed by atoms with Crippen molar-refractivity contribution in [3.63, 3.8) is 0 Å². The first-order chi connectivity index (χ1) is 10.00. The monoisotopic (exact) mass is 329 g/mol. The molecule has 0 saturated carbocycles. The Labute approximate surface area is 132 Å². The standard InChI is InChI=1S/C16H24FNO3S/c1-11(2)22(20,21)12(3)15(19)18-10-16(4,5)13-8-6-7-9-14(13)17/h6-9,11-12H,10H2,1-5H3,(H,18,19)/t12-/m1/s1. The zero-order chi connectivity index (χ0) is 17.1. The SMILES string of the molecule is CC(C)S(=O)(=O)[C@H](C)C(=O)NCC(C)(C)c1ccccc1F. The topological polar surface area (TPSA) is 63.2 Å². The number of hydrogen-bond donors (Lipinski definition) is 1. The Hall–Kier alpha value is -1.43. The minimum Gasteiger partial charge on any atom is -0.354 e. The average molecular weight is 329 g/mol. The van der Waals surface area contributed by atoms with E-state index in [0.717, 1.165) is 0 Å². The van der Waals surface area contributed by atoms with Crippen molar-refractivity contribution in [3.8, 4) is 0 Å². The molecule has 1 aromatic carbocycles. The fraction of sp³-hybridized carbons (Fsp3) is 0.562. The number of halogens is 1. The van der Waals surface area contributed by atoms with E-state index in [4.69, 9.17) is 0 Å². The Morgan fingerprint density at radius 2 is 1.77 bits per heavy atom. The van der Waals surface area contributed by atoms with Gasteiger partial charge < -0.3 is 5.32 Å². The zero-order valence-electron chi connectivity index (χ0n) is 13.7. The summed E-state index contributed by atoms with van der Waals surface area (Å²) < 4.78 is 37.9. The Balaban J connectivity index is 2.81. The van der Waals surface area contributed by atoms with Gasteiger partial charge >= 0.3 is 0 Å². The van der Waals surface area contributed by atoms with Gasteiger partial charge in [0, 0.05) is 12.0 Å². The van der Waals surface area contributed by atoms with Gasteiger partial charge in [0.15, 0.2) is 9.84 Å². The summed E-state index contributed by atoms with van der Waals surface area (Å²) in [5.41, 5.74) is -0.155. The minimum absolute atomic E-state index is 0.157. The molecule has 0 aliphatic rings. The number of benzene rings is 1. The van der Waals surface area contributed by atoms with Crippen molar-refractivity contribution in [2.45, 2.75) is 50.5 Å². The number of carbonyl (C=O) groups is 1. The molecule has 0 radical (unpaired) electrons. The predicted octanol–water partition coefficient (Wildman–Crippen LogP) is 2.43. The van der Waals surface area contributed by atoms with E-state index in [0.29, 0.717) is 5.56 Å². The Kier molecular flexibility index (Phi) is 5.73. The maximum absolute atomic E-state index is 13.9. The van der Waals surface area contributed by atoms with Gasteiger partial charge in [-0.15, -0.1) is 0 Å². The maximum Gasteiger partial charge on any atom is 0.238 e. The van der Waals surface area contributed by atoms with Crippen molar-refractivity contribution in [2.75, 3.05) is 6.54 Å². The molecule has 1 atom stereocenters. The number of sulfone groups is 1. The molecule has 4 nitrogen and oxygen atoms in total.